The third kappa shape index (κ3) is 1.93. The van der Waals surface area contributed by atoms with Crippen molar-refractivity contribution in [2.45, 2.75) is 6.42 Å². The standard InChI is InChI=1S/C9H11NO4/c1-13-6-4-3-5-10-8(11)7(6)9(12)14-2/h3,5H,4H2,1-2H3,(H,10,11). The van der Waals surface area contributed by atoms with Gasteiger partial charge in [0, 0.05) is 12.6 Å². The Labute approximate surface area is 81.4 Å². The van der Waals surface area contributed by atoms with Crippen molar-refractivity contribution in [3.63, 3.8) is 0 Å². The first-order valence-corrected chi connectivity index (χ1v) is 4.02. The molecule has 1 N–H and O–H groups in total. The fourth-order valence-electron chi connectivity index (χ4n) is 1.10. The molecule has 1 aliphatic rings. The predicted molar refractivity (Wildman–Crippen MR) is 48.0 cm³/mol. The lowest BCUT2D eigenvalue weighted by molar-refractivity contribution is -0.138. The maximum atomic E-state index is 11.4. The molecule has 1 rings (SSSR count). The lowest BCUT2D eigenvalue weighted by Gasteiger charge is -2.07. The van der Waals surface area contributed by atoms with Gasteiger partial charge in [0.2, 0.25) is 0 Å². The summed E-state index contributed by atoms with van der Waals surface area (Å²) in [7, 11) is 2.62. The van der Waals surface area contributed by atoms with Gasteiger partial charge in [-0.1, -0.05) is 6.08 Å². The van der Waals surface area contributed by atoms with E-state index < -0.39 is 11.9 Å². The topological polar surface area (TPSA) is 64.6 Å². The first kappa shape index (κ1) is 10.3. The molecule has 1 amide bonds. The van der Waals surface area contributed by atoms with Gasteiger partial charge in [0.1, 0.15) is 5.76 Å². The number of allylic oxidation sites excluding steroid dienone is 1. The van der Waals surface area contributed by atoms with Gasteiger partial charge in [-0.15, -0.1) is 0 Å². The molecular weight excluding hydrogens is 186 g/mol. The van der Waals surface area contributed by atoms with Crippen LogP contribution in [0.25, 0.3) is 0 Å². The fraction of sp³-hybridized carbons (Fsp3) is 0.333. The van der Waals surface area contributed by atoms with E-state index in [9.17, 15) is 9.59 Å². The van der Waals surface area contributed by atoms with Crippen LogP contribution in [0.1, 0.15) is 6.42 Å². The van der Waals surface area contributed by atoms with Crippen molar-refractivity contribution in [1.29, 1.82) is 0 Å². The summed E-state index contributed by atoms with van der Waals surface area (Å²) in [4.78, 5) is 22.6. The number of ether oxygens (including phenoxy) is 2. The second-order valence-corrected chi connectivity index (χ2v) is 2.57. The highest BCUT2D eigenvalue weighted by molar-refractivity contribution is 6.17. The molecule has 76 valence electrons. The van der Waals surface area contributed by atoms with Crippen molar-refractivity contribution in [2.24, 2.45) is 0 Å². The van der Waals surface area contributed by atoms with Crippen LogP contribution in [0.4, 0.5) is 0 Å². The van der Waals surface area contributed by atoms with Crippen LogP contribution < -0.4 is 5.32 Å². The van der Waals surface area contributed by atoms with Crippen molar-refractivity contribution in [1.82, 2.24) is 5.32 Å². The number of hydrogen-bond donors (Lipinski definition) is 1. The molecule has 0 spiro atoms. The molecule has 0 aliphatic carbocycles. The normalized spacial score (nSPS) is 16.0. The van der Waals surface area contributed by atoms with Gasteiger partial charge in [0.25, 0.3) is 5.91 Å². The molecule has 0 fully saturated rings. The number of carbonyl (C=O) groups excluding carboxylic acids is 2. The first-order chi connectivity index (χ1) is 6.70. The molecule has 5 heteroatoms. The Hall–Kier alpha value is -1.78. The second kappa shape index (κ2) is 4.45. The fourth-order valence-corrected chi connectivity index (χ4v) is 1.10. The van der Waals surface area contributed by atoms with Crippen LogP contribution in [0.15, 0.2) is 23.6 Å². The van der Waals surface area contributed by atoms with E-state index in [1.807, 2.05) is 0 Å². The van der Waals surface area contributed by atoms with Crippen LogP contribution in [0, 0.1) is 0 Å². The summed E-state index contributed by atoms with van der Waals surface area (Å²) in [6.07, 6.45) is 3.55. The van der Waals surface area contributed by atoms with E-state index in [0.717, 1.165) is 0 Å². The summed E-state index contributed by atoms with van der Waals surface area (Å²) in [6, 6.07) is 0. The zero-order chi connectivity index (χ0) is 10.6. The summed E-state index contributed by atoms with van der Waals surface area (Å²) >= 11 is 0. The maximum absolute atomic E-state index is 11.4. The van der Waals surface area contributed by atoms with Gasteiger partial charge in [-0.3, -0.25) is 4.79 Å². The minimum Gasteiger partial charge on any atom is -0.500 e. The lowest BCUT2D eigenvalue weighted by atomic mass is 10.2. The van der Waals surface area contributed by atoms with E-state index in [2.05, 4.69) is 10.1 Å². The summed E-state index contributed by atoms with van der Waals surface area (Å²) < 4.78 is 9.43. The maximum Gasteiger partial charge on any atom is 0.346 e. The molecule has 1 heterocycles. The number of carbonyl (C=O) groups is 2. The highest BCUT2D eigenvalue weighted by Gasteiger charge is 2.25. The minimum absolute atomic E-state index is 0.0833. The van der Waals surface area contributed by atoms with Crippen LogP contribution >= 0.6 is 0 Å². The molecule has 0 saturated carbocycles. The van der Waals surface area contributed by atoms with Crippen LogP contribution in [-0.2, 0) is 19.1 Å². The summed E-state index contributed by atoms with van der Waals surface area (Å²) in [6.45, 7) is 0. The average Bonchev–Trinajstić information content (AvgIpc) is 2.38. The third-order valence-corrected chi connectivity index (χ3v) is 1.78. The second-order valence-electron chi connectivity index (χ2n) is 2.57. The molecule has 0 aromatic carbocycles. The zero-order valence-corrected chi connectivity index (χ0v) is 7.99. The van der Waals surface area contributed by atoms with Crippen molar-refractivity contribution < 1.29 is 19.1 Å². The number of nitrogens with one attached hydrogen (secondary N) is 1. The number of esters is 1. The molecule has 1 aliphatic heterocycles. The predicted octanol–water partition coefficient (Wildman–Crippen LogP) is 0.0935. The van der Waals surface area contributed by atoms with E-state index in [-0.39, 0.29) is 5.57 Å². The molecule has 0 unspecified atom stereocenters. The number of hydrogen-bond acceptors (Lipinski definition) is 4. The van der Waals surface area contributed by atoms with Crippen LogP contribution in [0.5, 0.6) is 0 Å². The molecule has 5 nitrogen and oxygen atoms in total. The van der Waals surface area contributed by atoms with Crippen molar-refractivity contribution >= 4 is 11.9 Å². The Kier molecular flexibility index (Phi) is 3.28. The van der Waals surface area contributed by atoms with Crippen molar-refractivity contribution in [2.75, 3.05) is 14.2 Å². The highest BCUT2D eigenvalue weighted by Crippen LogP contribution is 2.14. The van der Waals surface area contributed by atoms with Crippen LogP contribution in [0.2, 0.25) is 0 Å². The third-order valence-electron chi connectivity index (χ3n) is 1.78. The van der Waals surface area contributed by atoms with Gasteiger partial charge < -0.3 is 14.8 Å². The molecule has 0 aromatic heterocycles. The van der Waals surface area contributed by atoms with Gasteiger partial charge >= 0.3 is 5.97 Å². The smallest absolute Gasteiger partial charge is 0.346 e. The van der Waals surface area contributed by atoms with Gasteiger partial charge in [0.15, 0.2) is 5.57 Å². The van der Waals surface area contributed by atoms with Crippen LogP contribution in [0.3, 0.4) is 0 Å². The summed E-state index contributed by atoms with van der Waals surface area (Å²) in [5.74, 6) is -0.895. The van der Waals surface area contributed by atoms with E-state index in [0.29, 0.717) is 12.2 Å². The first-order valence-electron chi connectivity index (χ1n) is 4.02. The van der Waals surface area contributed by atoms with E-state index in [4.69, 9.17) is 4.74 Å². The molecule has 0 bridgehead atoms. The Balaban J connectivity index is 3.08. The van der Waals surface area contributed by atoms with Gasteiger partial charge in [-0.05, 0) is 0 Å². The largest absolute Gasteiger partial charge is 0.500 e. The van der Waals surface area contributed by atoms with Gasteiger partial charge in [-0.2, -0.15) is 0 Å². The average molecular weight is 197 g/mol. The van der Waals surface area contributed by atoms with Gasteiger partial charge in [0.05, 0.1) is 14.2 Å². The van der Waals surface area contributed by atoms with E-state index >= 15 is 0 Å². The lowest BCUT2D eigenvalue weighted by Crippen LogP contribution is -2.25. The Morgan fingerprint density at radius 3 is 2.79 bits per heavy atom. The van der Waals surface area contributed by atoms with Crippen molar-refractivity contribution in [3.05, 3.63) is 23.6 Å². The number of amides is 1. The van der Waals surface area contributed by atoms with Crippen LogP contribution in [-0.4, -0.2) is 26.1 Å². The Morgan fingerprint density at radius 2 is 2.21 bits per heavy atom. The number of rotatable bonds is 2. The molecule has 0 aromatic rings. The molecule has 0 atom stereocenters. The highest BCUT2D eigenvalue weighted by atomic mass is 16.5. The molecular formula is C9H11NO4. The van der Waals surface area contributed by atoms with E-state index in [1.54, 1.807) is 6.08 Å². The quantitative estimate of drug-likeness (QED) is 0.503. The molecule has 0 radical (unpaired) electrons. The monoisotopic (exact) mass is 197 g/mol. The SMILES string of the molecule is COC(=O)C1=C(OC)CC=CNC1=O. The van der Waals surface area contributed by atoms with E-state index in [1.165, 1.54) is 20.4 Å². The number of methoxy groups -OCH3 is 2. The summed E-state index contributed by atoms with van der Waals surface area (Å²) in [5, 5.41) is 2.42. The van der Waals surface area contributed by atoms with Crippen molar-refractivity contribution in [3.8, 4) is 0 Å². The molecule has 0 saturated heterocycles. The zero-order valence-electron chi connectivity index (χ0n) is 7.99. The Morgan fingerprint density at radius 1 is 1.50 bits per heavy atom. The Bertz CT molecular complexity index is 317. The minimum atomic E-state index is -0.692. The molecule has 14 heavy (non-hydrogen) atoms. The summed E-state index contributed by atoms with van der Waals surface area (Å²) in [5.41, 5.74) is -0.0833. The van der Waals surface area contributed by atoms with Gasteiger partial charge in [-0.25, -0.2) is 4.79 Å².